The first-order valence-corrected chi connectivity index (χ1v) is 6.64. The fourth-order valence-corrected chi connectivity index (χ4v) is 1.85. The van der Waals surface area contributed by atoms with Crippen molar-refractivity contribution in [2.45, 2.75) is 3.79 Å². The maximum absolute atomic E-state index is 11.7. The van der Waals surface area contributed by atoms with Crippen LogP contribution in [0.1, 0.15) is 10.4 Å². The monoisotopic (exact) mass is 338 g/mol. The number of nitrogens with zero attached hydrogens (tertiary/aromatic N) is 2. The molecule has 8 heteroatoms. The first kappa shape index (κ1) is 16.9. The van der Waals surface area contributed by atoms with E-state index in [2.05, 4.69) is 0 Å². The van der Waals surface area contributed by atoms with Crippen molar-refractivity contribution in [2.24, 2.45) is 0 Å². The molecule has 0 bridgehead atoms. The summed E-state index contributed by atoms with van der Waals surface area (Å²) in [5, 5.41) is 9.13. The van der Waals surface area contributed by atoms with Gasteiger partial charge in [-0.25, -0.2) is 4.79 Å². The molecule has 0 atom stereocenters. The minimum Gasteiger partial charge on any atom is -0.465 e. The van der Waals surface area contributed by atoms with Gasteiger partial charge in [0.1, 0.15) is 0 Å². The van der Waals surface area contributed by atoms with Crippen LogP contribution in [0.3, 0.4) is 0 Å². The summed E-state index contributed by atoms with van der Waals surface area (Å²) >= 11 is 16.8. The third-order valence-electron chi connectivity index (χ3n) is 2.40. The highest BCUT2D eigenvalue weighted by atomic mass is 35.6. The van der Waals surface area contributed by atoms with E-state index in [0.717, 1.165) is 4.90 Å². The molecule has 1 rings (SSSR count). The number of anilines is 1. The van der Waals surface area contributed by atoms with Gasteiger partial charge < -0.3 is 10.0 Å². The molecule has 110 valence electrons. The molecule has 1 aromatic rings. The third kappa shape index (κ3) is 4.74. The Morgan fingerprint density at radius 3 is 2.00 bits per heavy atom. The SMILES string of the molecule is CN(C)C(=O)c1ccc(N(CC(Cl)(Cl)Cl)C(=O)O)cc1. The minimum atomic E-state index is -1.73. The molecule has 0 aromatic heterocycles. The summed E-state index contributed by atoms with van der Waals surface area (Å²) in [4.78, 5) is 25.2. The predicted molar refractivity (Wildman–Crippen MR) is 80.1 cm³/mol. The lowest BCUT2D eigenvalue weighted by Gasteiger charge is -2.23. The standard InChI is InChI=1S/C12H13Cl3N2O3/c1-16(2)10(18)8-3-5-9(6-4-8)17(11(19)20)7-12(13,14)15/h3-6H,7H2,1-2H3,(H,19,20). The summed E-state index contributed by atoms with van der Waals surface area (Å²) in [6, 6.07) is 6.01. The van der Waals surface area contributed by atoms with Crippen molar-refractivity contribution < 1.29 is 14.7 Å². The van der Waals surface area contributed by atoms with Crippen LogP contribution in [0.2, 0.25) is 0 Å². The number of hydrogen-bond acceptors (Lipinski definition) is 2. The first-order valence-electron chi connectivity index (χ1n) is 5.51. The largest absolute Gasteiger partial charge is 0.465 e. The van der Waals surface area contributed by atoms with Crippen LogP contribution < -0.4 is 4.90 Å². The quantitative estimate of drug-likeness (QED) is 0.860. The van der Waals surface area contributed by atoms with Crippen molar-refractivity contribution in [1.82, 2.24) is 4.90 Å². The van der Waals surface area contributed by atoms with Gasteiger partial charge in [-0.15, -0.1) is 0 Å². The van der Waals surface area contributed by atoms with Crippen LogP contribution in [0.4, 0.5) is 10.5 Å². The fourth-order valence-electron chi connectivity index (χ4n) is 1.49. The van der Waals surface area contributed by atoms with Crippen LogP contribution >= 0.6 is 34.8 Å². The second-order valence-corrected chi connectivity index (χ2v) is 6.75. The Bertz CT molecular complexity index is 498. The summed E-state index contributed by atoms with van der Waals surface area (Å²) in [5.41, 5.74) is 0.761. The summed E-state index contributed by atoms with van der Waals surface area (Å²) < 4.78 is -1.73. The van der Waals surface area contributed by atoms with Crippen molar-refractivity contribution >= 4 is 52.5 Å². The Kier molecular flexibility index (Phi) is 5.50. The lowest BCUT2D eigenvalue weighted by Crippen LogP contribution is -2.36. The molecule has 0 aliphatic carbocycles. The molecule has 2 amide bonds. The molecule has 20 heavy (non-hydrogen) atoms. The lowest BCUT2D eigenvalue weighted by atomic mass is 10.2. The molecule has 0 radical (unpaired) electrons. The van der Waals surface area contributed by atoms with Gasteiger partial charge in [-0.1, -0.05) is 34.8 Å². The molecule has 0 heterocycles. The van der Waals surface area contributed by atoms with Crippen LogP contribution in [0, 0.1) is 0 Å². The topological polar surface area (TPSA) is 60.9 Å². The number of amides is 2. The Balaban J connectivity index is 3.00. The zero-order valence-electron chi connectivity index (χ0n) is 10.8. The molecular weight excluding hydrogens is 327 g/mol. The number of hydrogen-bond donors (Lipinski definition) is 1. The normalized spacial score (nSPS) is 11.1. The van der Waals surface area contributed by atoms with E-state index in [4.69, 9.17) is 39.9 Å². The van der Waals surface area contributed by atoms with Crippen LogP contribution in [-0.2, 0) is 0 Å². The molecule has 0 fully saturated rings. The van der Waals surface area contributed by atoms with Gasteiger partial charge in [0.25, 0.3) is 5.91 Å². The highest BCUT2D eigenvalue weighted by Gasteiger charge is 2.28. The van der Waals surface area contributed by atoms with Gasteiger partial charge in [0, 0.05) is 25.3 Å². The highest BCUT2D eigenvalue weighted by molar-refractivity contribution is 6.68. The van der Waals surface area contributed by atoms with E-state index in [-0.39, 0.29) is 12.5 Å². The minimum absolute atomic E-state index is 0.181. The molecular formula is C12H13Cl3N2O3. The summed E-state index contributed by atoms with van der Waals surface area (Å²) in [5.74, 6) is -0.181. The van der Waals surface area contributed by atoms with E-state index in [1.165, 1.54) is 29.2 Å². The van der Waals surface area contributed by atoms with Crippen molar-refractivity contribution in [1.29, 1.82) is 0 Å². The molecule has 5 nitrogen and oxygen atoms in total. The zero-order chi connectivity index (χ0) is 15.5. The van der Waals surface area contributed by atoms with E-state index in [0.29, 0.717) is 11.3 Å². The average molecular weight is 340 g/mol. The third-order valence-corrected chi connectivity index (χ3v) is 2.76. The average Bonchev–Trinajstić information content (AvgIpc) is 2.34. The van der Waals surface area contributed by atoms with E-state index in [9.17, 15) is 9.59 Å². The molecule has 0 saturated heterocycles. The van der Waals surface area contributed by atoms with Crippen molar-refractivity contribution in [3.63, 3.8) is 0 Å². The predicted octanol–water partition coefficient (Wildman–Crippen LogP) is 3.24. The van der Waals surface area contributed by atoms with Gasteiger partial charge in [-0.05, 0) is 24.3 Å². The molecule has 0 unspecified atom stereocenters. The fraction of sp³-hybridized carbons (Fsp3) is 0.333. The van der Waals surface area contributed by atoms with E-state index < -0.39 is 9.89 Å². The van der Waals surface area contributed by atoms with Gasteiger partial charge in [-0.3, -0.25) is 9.69 Å². The van der Waals surface area contributed by atoms with E-state index >= 15 is 0 Å². The second kappa shape index (κ2) is 6.52. The number of rotatable bonds is 3. The number of halogens is 3. The number of benzene rings is 1. The van der Waals surface area contributed by atoms with Gasteiger partial charge in [-0.2, -0.15) is 0 Å². The van der Waals surface area contributed by atoms with E-state index in [1.807, 2.05) is 0 Å². The van der Waals surface area contributed by atoms with Gasteiger partial charge >= 0.3 is 6.09 Å². The van der Waals surface area contributed by atoms with Crippen molar-refractivity contribution in [2.75, 3.05) is 25.5 Å². The van der Waals surface area contributed by atoms with E-state index in [1.54, 1.807) is 14.1 Å². The van der Waals surface area contributed by atoms with Crippen LogP contribution in [0.15, 0.2) is 24.3 Å². The Labute approximate surface area is 131 Å². The maximum atomic E-state index is 11.7. The number of carbonyl (C=O) groups is 2. The summed E-state index contributed by atoms with van der Waals surface area (Å²) in [6.45, 7) is -0.312. The maximum Gasteiger partial charge on any atom is 0.411 e. The molecule has 0 aliphatic rings. The van der Waals surface area contributed by atoms with Crippen LogP contribution in [0.5, 0.6) is 0 Å². The van der Waals surface area contributed by atoms with Crippen LogP contribution in [-0.4, -0.2) is 46.4 Å². The van der Waals surface area contributed by atoms with Gasteiger partial charge in [0.2, 0.25) is 3.79 Å². The number of carbonyl (C=O) groups excluding carboxylic acids is 1. The van der Waals surface area contributed by atoms with Crippen LogP contribution in [0.25, 0.3) is 0 Å². The first-order chi connectivity index (χ1) is 9.11. The van der Waals surface area contributed by atoms with Crippen molar-refractivity contribution in [3.8, 4) is 0 Å². The smallest absolute Gasteiger partial charge is 0.411 e. The zero-order valence-corrected chi connectivity index (χ0v) is 13.1. The molecule has 0 aliphatic heterocycles. The molecule has 0 spiro atoms. The Morgan fingerprint density at radius 1 is 1.15 bits per heavy atom. The summed E-state index contributed by atoms with van der Waals surface area (Å²) in [6.07, 6.45) is -1.25. The summed E-state index contributed by atoms with van der Waals surface area (Å²) in [7, 11) is 3.26. The molecule has 0 saturated carbocycles. The lowest BCUT2D eigenvalue weighted by molar-refractivity contribution is 0.0827. The van der Waals surface area contributed by atoms with Gasteiger partial charge in [0.15, 0.2) is 0 Å². The molecule has 1 aromatic carbocycles. The number of alkyl halides is 3. The number of carboxylic acid groups (broad SMARTS) is 1. The second-order valence-electron chi connectivity index (χ2n) is 4.23. The van der Waals surface area contributed by atoms with Crippen molar-refractivity contribution in [3.05, 3.63) is 29.8 Å². The van der Waals surface area contributed by atoms with Gasteiger partial charge in [0.05, 0.1) is 6.54 Å². The Hall–Kier alpha value is -1.17. The molecule has 1 N–H and O–H groups in total. The Morgan fingerprint density at radius 2 is 1.65 bits per heavy atom. The highest BCUT2D eigenvalue weighted by Crippen LogP contribution is 2.29.